The molecule has 17 heavy (non-hydrogen) atoms. The Bertz CT molecular complexity index is 416. The van der Waals surface area contributed by atoms with E-state index in [0.717, 1.165) is 17.3 Å². The van der Waals surface area contributed by atoms with Crippen molar-refractivity contribution >= 4 is 33.3 Å². The van der Waals surface area contributed by atoms with Gasteiger partial charge in [-0.2, -0.15) is 0 Å². The molecule has 1 fully saturated rings. The fraction of sp³-hybridized carbons (Fsp3) is 0.417. The van der Waals surface area contributed by atoms with Crippen LogP contribution < -0.4 is 16.4 Å². The molecule has 1 aliphatic rings. The third kappa shape index (κ3) is 3.36. The molecule has 1 aliphatic carbocycles. The number of benzene rings is 1. The van der Waals surface area contributed by atoms with Gasteiger partial charge in [-0.1, -0.05) is 12.8 Å². The maximum atomic E-state index is 11.7. The van der Waals surface area contributed by atoms with Crippen LogP contribution >= 0.6 is 15.9 Å². The second-order valence-electron chi connectivity index (χ2n) is 4.32. The molecule has 2 amide bonds. The number of carbonyl (C=O) groups excluding carboxylic acids is 1. The van der Waals surface area contributed by atoms with E-state index in [4.69, 9.17) is 5.73 Å². The first-order valence-corrected chi connectivity index (χ1v) is 6.57. The van der Waals surface area contributed by atoms with Crippen molar-refractivity contribution in [1.82, 2.24) is 5.32 Å². The molecule has 0 aromatic heterocycles. The van der Waals surface area contributed by atoms with E-state index in [0.29, 0.717) is 17.4 Å². The number of anilines is 2. The van der Waals surface area contributed by atoms with Crippen molar-refractivity contribution in [3.63, 3.8) is 0 Å². The Morgan fingerprint density at radius 1 is 1.35 bits per heavy atom. The Morgan fingerprint density at radius 2 is 2.06 bits per heavy atom. The lowest BCUT2D eigenvalue weighted by Crippen LogP contribution is -2.36. The quantitative estimate of drug-likeness (QED) is 0.734. The highest BCUT2D eigenvalue weighted by atomic mass is 79.9. The first-order valence-electron chi connectivity index (χ1n) is 5.77. The summed E-state index contributed by atoms with van der Waals surface area (Å²) < 4.78 is 0.833. The number of urea groups is 1. The summed E-state index contributed by atoms with van der Waals surface area (Å²) in [4.78, 5) is 11.7. The summed E-state index contributed by atoms with van der Waals surface area (Å²) in [5.74, 6) is 0. The van der Waals surface area contributed by atoms with Gasteiger partial charge in [0.25, 0.3) is 0 Å². The van der Waals surface area contributed by atoms with Crippen LogP contribution in [0.15, 0.2) is 22.7 Å². The van der Waals surface area contributed by atoms with Crippen molar-refractivity contribution in [2.45, 2.75) is 31.7 Å². The summed E-state index contributed by atoms with van der Waals surface area (Å²) >= 11 is 3.31. The maximum Gasteiger partial charge on any atom is 0.319 e. The summed E-state index contributed by atoms with van der Waals surface area (Å²) in [5.41, 5.74) is 7.07. The molecule has 4 nitrogen and oxygen atoms in total. The van der Waals surface area contributed by atoms with Gasteiger partial charge in [-0.3, -0.25) is 0 Å². The van der Waals surface area contributed by atoms with Gasteiger partial charge in [-0.25, -0.2) is 4.79 Å². The van der Waals surface area contributed by atoms with E-state index >= 15 is 0 Å². The molecule has 1 aromatic carbocycles. The molecule has 92 valence electrons. The Balaban J connectivity index is 1.90. The van der Waals surface area contributed by atoms with Crippen LogP contribution in [0.5, 0.6) is 0 Å². The molecule has 1 saturated carbocycles. The molecule has 4 N–H and O–H groups in total. The van der Waals surface area contributed by atoms with E-state index in [9.17, 15) is 4.79 Å². The predicted molar refractivity (Wildman–Crippen MR) is 73.0 cm³/mol. The van der Waals surface area contributed by atoms with Crippen LogP contribution in [0.1, 0.15) is 25.7 Å². The van der Waals surface area contributed by atoms with E-state index in [2.05, 4.69) is 26.6 Å². The van der Waals surface area contributed by atoms with E-state index in [1.165, 1.54) is 12.8 Å². The van der Waals surface area contributed by atoms with Gasteiger partial charge in [-0.05, 0) is 47.0 Å². The van der Waals surface area contributed by atoms with E-state index in [1.807, 2.05) is 12.1 Å². The molecule has 2 rings (SSSR count). The van der Waals surface area contributed by atoms with Crippen molar-refractivity contribution < 1.29 is 4.79 Å². The van der Waals surface area contributed by atoms with Gasteiger partial charge >= 0.3 is 6.03 Å². The maximum absolute atomic E-state index is 11.7. The molecule has 5 heteroatoms. The molecule has 0 radical (unpaired) electrons. The SMILES string of the molecule is Nc1cc(NC(=O)NC2CCCC2)ccc1Br. The number of nitrogens with two attached hydrogens (primary N) is 1. The summed E-state index contributed by atoms with van der Waals surface area (Å²) in [7, 11) is 0. The predicted octanol–water partition coefficient (Wildman–Crippen LogP) is 3.10. The third-order valence-corrected chi connectivity index (χ3v) is 3.67. The van der Waals surface area contributed by atoms with Gasteiger partial charge in [0.1, 0.15) is 0 Å². The van der Waals surface area contributed by atoms with Gasteiger partial charge < -0.3 is 16.4 Å². The fourth-order valence-corrected chi connectivity index (χ4v) is 2.29. The van der Waals surface area contributed by atoms with Crippen molar-refractivity contribution in [2.75, 3.05) is 11.1 Å². The van der Waals surface area contributed by atoms with Gasteiger partial charge in [0, 0.05) is 21.9 Å². The fourth-order valence-electron chi connectivity index (χ4n) is 2.04. The normalized spacial score (nSPS) is 15.8. The van der Waals surface area contributed by atoms with Crippen LogP contribution in [0.2, 0.25) is 0 Å². The van der Waals surface area contributed by atoms with Crippen LogP contribution in [0.4, 0.5) is 16.2 Å². The lowest BCUT2D eigenvalue weighted by molar-refractivity contribution is 0.248. The number of amides is 2. The smallest absolute Gasteiger partial charge is 0.319 e. The topological polar surface area (TPSA) is 67.1 Å². The molecular weight excluding hydrogens is 282 g/mol. The molecule has 0 unspecified atom stereocenters. The van der Waals surface area contributed by atoms with Crippen molar-refractivity contribution in [3.05, 3.63) is 22.7 Å². The molecule has 0 atom stereocenters. The molecule has 0 heterocycles. The van der Waals surface area contributed by atoms with Crippen LogP contribution in [0.25, 0.3) is 0 Å². The summed E-state index contributed by atoms with van der Waals surface area (Å²) in [6, 6.07) is 5.54. The highest BCUT2D eigenvalue weighted by Gasteiger charge is 2.16. The Labute approximate surface area is 109 Å². The van der Waals surface area contributed by atoms with Gasteiger partial charge in [0.05, 0.1) is 0 Å². The minimum atomic E-state index is -0.154. The minimum Gasteiger partial charge on any atom is -0.398 e. The van der Waals surface area contributed by atoms with Crippen LogP contribution in [0.3, 0.4) is 0 Å². The Kier molecular flexibility index (Phi) is 3.89. The summed E-state index contributed by atoms with van der Waals surface area (Å²) in [5, 5.41) is 5.74. The first kappa shape index (κ1) is 12.2. The first-order chi connectivity index (χ1) is 8.15. The molecule has 0 bridgehead atoms. The standard InChI is InChI=1S/C12H16BrN3O/c13-10-6-5-9(7-11(10)14)16-12(17)15-8-3-1-2-4-8/h5-8H,1-4,14H2,(H2,15,16,17). The zero-order valence-electron chi connectivity index (χ0n) is 9.50. The average molecular weight is 298 g/mol. The zero-order valence-corrected chi connectivity index (χ0v) is 11.1. The third-order valence-electron chi connectivity index (χ3n) is 2.94. The van der Waals surface area contributed by atoms with E-state index < -0.39 is 0 Å². The lowest BCUT2D eigenvalue weighted by Gasteiger charge is -2.13. The number of nitrogen functional groups attached to an aromatic ring is 1. The second-order valence-corrected chi connectivity index (χ2v) is 5.17. The molecule has 0 saturated heterocycles. The Morgan fingerprint density at radius 3 is 2.71 bits per heavy atom. The molecule has 0 aliphatic heterocycles. The number of halogens is 1. The number of hydrogen-bond donors (Lipinski definition) is 3. The molecule has 1 aromatic rings. The largest absolute Gasteiger partial charge is 0.398 e. The van der Waals surface area contributed by atoms with Gasteiger partial charge in [-0.15, -0.1) is 0 Å². The number of carbonyl (C=O) groups is 1. The lowest BCUT2D eigenvalue weighted by atomic mass is 10.2. The zero-order chi connectivity index (χ0) is 12.3. The van der Waals surface area contributed by atoms with Crippen molar-refractivity contribution in [2.24, 2.45) is 0 Å². The Hall–Kier alpha value is -1.23. The van der Waals surface area contributed by atoms with Crippen LogP contribution in [0, 0.1) is 0 Å². The number of rotatable bonds is 2. The number of hydrogen-bond acceptors (Lipinski definition) is 2. The van der Waals surface area contributed by atoms with Crippen molar-refractivity contribution in [3.8, 4) is 0 Å². The van der Waals surface area contributed by atoms with E-state index in [1.54, 1.807) is 6.07 Å². The second kappa shape index (κ2) is 5.40. The highest BCUT2D eigenvalue weighted by Crippen LogP contribution is 2.23. The van der Waals surface area contributed by atoms with E-state index in [-0.39, 0.29) is 6.03 Å². The average Bonchev–Trinajstić information content (AvgIpc) is 2.76. The molecule has 0 spiro atoms. The molecular formula is C12H16BrN3O. The van der Waals surface area contributed by atoms with Crippen LogP contribution in [-0.4, -0.2) is 12.1 Å². The summed E-state index contributed by atoms with van der Waals surface area (Å²) in [6.45, 7) is 0. The number of nitrogens with one attached hydrogen (secondary N) is 2. The monoisotopic (exact) mass is 297 g/mol. The summed E-state index contributed by atoms with van der Waals surface area (Å²) in [6.07, 6.45) is 4.57. The van der Waals surface area contributed by atoms with Crippen LogP contribution in [-0.2, 0) is 0 Å². The minimum absolute atomic E-state index is 0.154. The highest BCUT2D eigenvalue weighted by molar-refractivity contribution is 9.10. The van der Waals surface area contributed by atoms with Gasteiger partial charge in [0.15, 0.2) is 0 Å². The van der Waals surface area contributed by atoms with Crippen molar-refractivity contribution in [1.29, 1.82) is 0 Å². The van der Waals surface area contributed by atoms with Gasteiger partial charge in [0.2, 0.25) is 0 Å².